The molecule has 1 aliphatic rings. The highest BCUT2D eigenvalue weighted by atomic mass is 16.6. The van der Waals surface area contributed by atoms with Crippen molar-refractivity contribution in [2.75, 3.05) is 6.61 Å². The number of esters is 3. The molecule has 1 aromatic rings. The second-order valence-corrected chi connectivity index (χ2v) is 7.86. The van der Waals surface area contributed by atoms with Crippen LogP contribution in [0.15, 0.2) is 78.9 Å². The molecule has 0 saturated heterocycles. The highest BCUT2D eigenvalue weighted by molar-refractivity contribution is 5.90. The van der Waals surface area contributed by atoms with E-state index in [0.717, 1.165) is 11.1 Å². The topological polar surface area (TPSA) is 78.9 Å². The van der Waals surface area contributed by atoms with Crippen molar-refractivity contribution >= 4 is 23.5 Å². The Labute approximate surface area is 188 Å². The van der Waals surface area contributed by atoms with Gasteiger partial charge in [0.1, 0.15) is 11.4 Å². The molecular formula is C26H28O6. The number of hydrogen-bond donors (Lipinski definition) is 0. The fraction of sp³-hybridized carbons (Fsp3) is 0.269. The molecule has 0 spiro atoms. The van der Waals surface area contributed by atoms with Crippen LogP contribution in [0.3, 0.4) is 0 Å². The summed E-state index contributed by atoms with van der Waals surface area (Å²) < 4.78 is 15.8. The van der Waals surface area contributed by atoms with Gasteiger partial charge in [0.15, 0.2) is 0 Å². The lowest BCUT2D eigenvalue weighted by atomic mass is 9.90. The molecule has 1 unspecified atom stereocenters. The van der Waals surface area contributed by atoms with Gasteiger partial charge in [-0.3, -0.25) is 0 Å². The molecular weight excluding hydrogens is 408 g/mol. The zero-order valence-electron chi connectivity index (χ0n) is 18.7. The number of hydrogen-bond acceptors (Lipinski definition) is 6. The van der Waals surface area contributed by atoms with Gasteiger partial charge >= 0.3 is 17.9 Å². The normalized spacial score (nSPS) is 17.0. The van der Waals surface area contributed by atoms with Gasteiger partial charge in [-0.05, 0) is 50.1 Å². The Bertz CT molecular complexity index is 1010. The summed E-state index contributed by atoms with van der Waals surface area (Å²) in [6, 6.07) is 7.04. The number of ether oxygens (including phenoxy) is 3. The maximum absolute atomic E-state index is 12.2. The SMILES string of the molecule is C=C(C)C(=O)OCCC(=C)C(=O)Oc1ccc(C2=CCC(C)(OC(=O)C(=C)C)C=C2)cc1. The monoisotopic (exact) mass is 436 g/mol. The predicted octanol–water partition coefficient (Wildman–Crippen LogP) is 4.88. The molecule has 0 bridgehead atoms. The van der Waals surface area contributed by atoms with Gasteiger partial charge in [-0.15, -0.1) is 0 Å². The van der Waals surface area contributed by atoms with Crippen LogP contribution in [-0.2, 0) is 23.9 Å². The first-order valence-corrected chi connectivity index (χ1v) is 10.1. The lowest BCUT2D eigenvalue weighted by molar-refractivity contribution is -0.148. The largest absolute Gasteiger partial charge is 0.462 e. The minimum absolute atomic E-state index is 0.0274. The Morgan fingerprint density at radius 1 is 0.969 bits per heavy atom. The zero-order valence-corrected chi connectivity index (χ0v) is 18.7. The van der Waals surface area contributed by atoms with E-state index in [4.69, 9.17) is 14.2 Å². The molecule has 1 aliphatic carbocycles. The first-order valence-electron chi connectivity index (χ1n) is 10.1. The summed E-state index contributed by atoms with van der Waals surface area (Å²) in [7, 11) is 0. The average Bonchev–Trinajstić information content (AvgIpc) is 2.74. The van der Waals surface area contributed by atoms with Crippen LogP contribution >= 0.6 is 0 Å². The molecule has 32 heavy (non-hydrogen) atoms. The van der Waals surface area contributed by atoms with E-state index in [1.165, 1.54) is 0 Å². The third-order valence-electron chi connectivity index (χ3n) is 4.69. The van der Waals surface area contributed by atoms with E-state index in [1.54, 1.807) is 26.0 Å². The Morgan fingerprint density at radius 3 is 2.12 bits per heavy atom. The van der Waals surface area contributed by atoms with Gasteiger partial charge in [0, 0.05) is 29.6 Å². The van der Waals surface area contributed by atoms with Crippen LogP contribution in [0.2, 0.25) is 0 Å². The van der Waals surface area contributed by atoms with E-state index in [0.29, 0.717) is 23.3 Å². The molecule has 0 heterocycles. The Kier molecular flexibility index (Phi) is 8.13. The van der Waals surface area contributed by atoms with Gasteiger partial charge in [0.2, 0.25) is 0 Å². The van der Waals surface area contributed by atoms with Crippen LogP contribution in [0.25, 0.3) is 5.57 Å². The van der Waals surface area contributed by atoms with E-state index in [2.05, 4.69) is 19.7 Å². The molecule has 0 radical (unpaired) electrons. The first-order chi connectivity index (χ1) is 15.0. The fourth-order valence-electron chi connectivity index (χ4n) is 2.69. The summed E-state index contributed by atoms with van der Waals surface area (Å²) in [4.78, 5) is 35.3. The summed E-state index contributed by atoms with van der Waals surface area (Å²) in [5, 5.41) is 0. The maximum atomic E-state index is 12.2. The van der Waals surface area contributed by atoms with E-state index >= 15 is 0 Å². The van der Waals surface area contributed by atoms with Crippen molar-refractivity contribution in [3.05, 3.63) is 84.5 Å². The summed E-state index contributed by atoms with van der Waals surface area (Å²) in [5.74, 6) is -1.15. The molecule has 0 aromatic heterocycles. The Balaban J connectivity index is 1.90. The number of carbonyl (C=O) groups is 3. The van der Waals surface area contributed by atoms with E-state index in [1.807, 2.05) is 37.3 Å². The van der Waals surface area contributed by atoms with Gasteiger partial charge < -0.3 is 14.2 Å². The fourth-order valence-corrected chi connectivity index (χ4v) is 2.69. The van der Waals surface area contributed by atoms with Crippen molar-refractivity contribution in [2.24, 2.45) is 0 Å². The van der Waals surface area contributed by atoms with Crippen molar-refractivity contribution < 1.29 is 28.6 Å². The third-order valence-corrected chi connectivity index (χ3v) is 4.69. The summed E-state index contributed by atoms with van der Waals surface area (Å²) in [6.45, 7) is 15.8. The summed E-state index contributed by atoms with van der Waals surface area (Å²) >= 11 is 0. The van der Waals surface area contributed by atoms with E-state index < -0.39 is 23.5 Å². The third kappa shape index (κ3) is 6.94. The second kappa shape index (κ2) is 10.6. The summed E-state index contributed by atoms with van der Waals surface area (Å²) in [5.41, 5.74) is 2.03. The van der Waals surface area contributed by atoms with Crippen LogP contribution in [-0.4, -0.2) is 30.1 Å². The number of rotatable bonds is 9. The standard InChI is InChI=1S/C26H28O6/c1-17(2)23(27)30-16-13-19(5)25(29)31-22-9-7-20(8-10-22)21-11-14-26(6,15-12-21)32-24(28)18(3)4/h7-12,14H,1,3,5,13,15-16H2,2,4,6H3. The van der Waals surface area contributed by atoms with Gasteiger partial charge in [-0.25, -0.2) is 14.4 Å². The van der Waals surface area contributed by atoms with Gasteiger partial charge in [-0.1, -0.05) is 44.0 Å². The van der Waals surface area contributed by atoms with Gasteiger partial charge in [0.05, 0.1) is 6.61 Å². The minimum Gasteiger partial charge on any atom is -0.462 e. The number of benzene rings is 1. The molecule has 6 nitrogen and oxygen atoms in total. The number of carbonyl (C=O) groups excluding carboxylic acids is 3. The Hall–Kier alpha value is -3.67. The van der Waals surface area contributed by atoms with Crippen LogP contribution in [0.4, 0.5) is 0 Å². The van der Waals surface area contributed by atoms with Gasteiger partial charge in [-0.2, -0.15) is 0 Å². The number of allylic oxidation sites excluding steroid dienone is 2. The molecule has 1 aromatic carbocycles. The maximum Gasteiger partial charge on any atom is 0.338 e. The van der Waals surface area contributed by atoms with Crippen LogP contribution < -0.4 is 4.74 Å². The van der Waals surface area contributed by atoms with Crippen molar-refractivity contribution in [1.29, 1.82) is 0 Å². The van der Waals surface area contributed by atoms with E-state index in [-0.39, 0.29) is 18.6 Å². The lowest BCUT2D eigenvalue weighted by Crippen LogP contribution is -2.30. The molecule has 2 rings (SSSR count). The summed E-state index contributed by atoms with van der Waals surface area (Å²) in [6.07, 6.45) is 6.43. The van der Waals surface area contributed by atoms with Crippen molar-refractivity contribution in [1.82, 2.24) is 0 Å². The molecule has 0 amide bonds. The lowest BCUT2D eigenvalue weighted by Gasteiger charge is -2.28. The molecule has 0 N–H and O–H groups in total. The van der Waals surface area contributed by atoms with Crippen LogP contribution in [0.1, 0.15) is 39.2 Å². The minimum atomic E-state index is -0.714. The van der Waals surface area contributed by atoms with Crippen LogP contribution in [0.5, 0.6) is 5.75 Å². The van der Waals surface area contributed by atoms with Gasteiger partial charge in [0.25, 0.3) is 0 Å². The van der Waals surface area contributed by atoms with Crippen molar-refractivity contribution in [2.45, 2.75) is 39.2 Å². The van der Waals surface area contributed by atoms with Crippen molar-refractivity contribution in [3.63, 3.8) is 0 Å². The van der Waals surface area contributed by atoms with E-state index in [9.17, 15) is 14.4 Å². The molecule has 0 saturated carbocycles. The smallest absolute Gasteiger partial charge is 0.338 e. The Morgan fingerprint density at radius 2 is 1.59 bits per heavy atom. The van der Waals surface area contributed by atoms with Crippen LogP contribution in [0, 0.1) is 0 Å². The van der Waals surface area contributed by atoms with Crippen molar-refractivity contribution in [3.8, 4) is 5.75 Å². The molecule has 0 aliphatic heterocycles. The highest BCUT2D eigenvalue weighted by Crippen LogP contribution is 2.30. The quantitative estimate of drug-likeness (QED) is 0.312. The first kappa shape index (κ1) is 24.6. The molecule has 0 fully saturated rings. The molecule has 168 valence electrons. The zero-order chi connectivity index (χ0) is 23.9. The molecule has 6 heteroatoms. The predicted molar refractivity (Wildman–Crippen MR) is 123 cm³/mol. The molecule has 1 atom stereocenters. The second-order valence-electron chi connectivity index (χ2n) is 7.86. The average molecular weight is 437 g/mol. The highest BCUT2D eigenvalue weighted by Gasteiger charge is 2.27.